The third kappa shape index (κ3) is 5.14. The van der Waals surface area contributed by atoms with Gasteiger partial charge in [0.25, 0.3) is 11.8 Å². The maximum atomic E-state index is 13.9. The number of benzene rings is 2. The van der Waals surface area contributed by atoms with Crippen LogP contribution in [0.25, 0.3) is 0 Å². The van der Waals surface area contributed by atoms with Crippen LogP contribution < -0.4 is 19.7 Å². The van der Waals surface area contributed by atoms with Crippen LogP contribution in [-0.2, 0) is 9.59 Å². The molecule has 0 bridgehead atoms. The SMILES string of the molecule is COc1cccc(OC)c1N1C(=O)C(C(=O)N2CCC(c3ccccc3)C2)=CN[C@H]1CCC(C)C. The van der Waals surface area contributed by atoms with Crippen molar-refractivity contribution in [2.75, 3.05) is 32.2 Å². The fourth-order valence-electron chi connectivity index (χ4n) is 4.88. The topological polar surface area (TPSA) is 71.1 Å². The molecule has 1 unspecified atom stereocenters. The first-order valence-electron chi connectivity index (χ1n) is 12.3. The molecule has 0 saturated carbocycles. The molecular weight excluding hydrogens is 442 g/mol. The Morgan fingerprint density at radius 1 is 1.06 bits per heavy atom. The van der Waals surface area contributed by atoms with Gasteiger partial charge in [-0.3, -0.25) is 14.5 Å². The lowest BCUT2D eigenvalue weighted by Crippen LogP contribution is -2.54. The summed E-state index contributed by atoms with van der Waals surface area (Å²) in [6.07, 6.45) is 3.81. The zero-order valence-corrected chi connectivity index (χ0v) is 21.0. The number of anilines is 1. The molecule has 2 aliphatic rings. The molecule has 2 amide bonds. The van der Waals surface area contributed by atoms with Crippen molar-refractivity contribution in [3.63, 3.8) is 0 Å². The number of rotatable bonds is 8. The molecule has 0 radical (unpaired) electrons. The van der Waals surface area contributed by atoms with Crippen LogP contribution in [0, 0.1) is 5.92 Å². The number of hydrogen-bond acceptors (Lipinski definition) is 5. The number of hydrogen-bond donors (Lipinski definition) is 1. The summed E-state index contributed by atoms with van der Waals surface area (Å²) in [5.41, 5.74) is 1.89. The van der Waals surface area contributed by atoms with E-state index in [0.29, 0.717) is 36.2 Å². The summed E-state index contributed by atoms with van der Waals surface area (Å²) in [5.74, 6) is 1.20. The van der Waals surface area contributed by atoms with Gasteiger partial charge in [-0.15, -0.1) is 0 Å². The van der Waals surface area contributed by atoms with Gasteiger partial charge in [-0.2, -0.15) is 0 Å². The maximum Gasteiger partial charge on any atom is 0.267 e. The molecule has 2 atom stereocenters. The summed E-state index contributed by atoms with van der Waals surface area (Å²) in [7, 11) is 3.14. The lowest BCUT2D eigenvalue weighted by Gasteiger charge is -2.38. The van der Waals surface area contributed by atoms with Crippen molar-refractivity contribution < 1.29 is 19.1 Å². The van der Waals surface area contributed by atoms with Gasteiger partial charge in [0.1, 0.15) is 28.9 Å². The number of ether oxygens (including phenoxy) is 2. The lowest BCUT2D eigenvalue weighted by molar-refractivity contribution is -0.129. The van der Waals surface area contributed by atoms with E-state index >= 15 is 0 Å². The summed E-state index contributed by atoms with van der Waals surface area (Å²) < 4.78 is 11.2. The van der Waals surface area contributed by atoms with Gasteiger partial charge in [-0.1, -0.05) is 50.2 Å². The predicted octanol–water partition coefficient (Wildman–Crippen LogP) is 4.30. The van der Waals surface area contributed by atoms with Gasteiger partial charge in [0, 0.05) is 25.2 Å². The lowest BCUT2D eigenvalue weighted by atomic mass is 9.99. The van der Waals surface area contributed by atoms with Crippen LogP contribution in [0.5, 0.6) is 11.5 Å². The number of carbonyl (C=O) groups is 2. The Morgan fingerprint density at radius 3 is 2.37 bits per heavy atom. The molecule has 0 aromatic heterocycles. The van der Waals surface area contributed by atoms with E-state index in [-0.39, 0.29) is 29.5 Å². The second-order valence-electron chi connectivity index (χ2n) is 9.55. The van der Waals surface area contributed by atoms with Gasteiger partial charge < -0.3 is 19.7 Å². The highest BCUT2D eigenvalue weighted by molar-refractivity contribution is 6.24. The molecule has 4 rings (SSSR count). The number of likely N-dealkylation sites (tertiary alicyclic amines) is 1. The molecular formula is C28H35N3O4. The average Bonchev–Trinajstić information content (AvgIpc) is 3.37. The molecule has 35 heavy (non-hydrogen) atoms. The first-order valence-corrected chi connectivity index (χ1v) is 12.3. The third-order valence-electron chi connectivity index (χ3n) is 6.82. The molecule has 0 spiro atoms. The molecule has 1 N–H and O–H groups in total. The molecule has 1 saturated heterocycles. The van der Waals surface area contributed by atoms with E-state index in [2.05, 4.69) is 31.3 Å². The summed E-state index contributed by atoms with van der Waals surface area (Å²) >= 11 is 0. The van der Waals surface area contributed by atoms with E-state index in [4.69, 9.17) is 9.47 Å². The van der Waals surface area contributed by atoms with Gasteiger partial charge in [-0.25, -0.2) is 0 Å². The van der Waals surface area contributed by atoms with Gasteiger partial charge in [0.15, 0.2) is 0 Å². The van der Waals surface area contributed by atoms with Crippen molar-refractivity contribution in [2.24, 2.45) is 5.92 Å². The Balaban J connectivity index is 1.63. The Labute approximate surface area is 207 Å². The fourth-order valence-corrected chi connectivity index (χ4v) is 4.88. The van der Waals surface area contributed by atoms with Gasteiger partial charge in [-0.05, 0) is 42.9 Å². The molecule has 2 aliphatic heterocycles. The molecule has 1 fully saturated rings. The van der Waals surface area contributed by atoms with E-state index < -0.39 is 0 Å². The smallest absolute Gasteiger partial charge is 0.267 e. The van der Waals surface area contributed by atoms with Crippen LogP contribution in [0.15, 0.2) is 60.3 Å². The number of methoxy groups -OCH3 is 2. The van der Waals surface area contributed by atoms with Crippen molar-refractivity contribution >= 4 is 17.5 Å². The monoisotopic (exact) mass is 477 g/mol. The zero-order valence-electron chi connectivity index (χ0n) is 21.0. The van der Waals surface area contributed by atoms with Crippen LogP contribution in [-0.4, -0.2) is 50.2 Å². The molecule has 7 heteroatoms. The molecule has 2 aromatic rings. The fraction of sp³-hybridized carbons (Fsp3) is 0.429. The number of amides is 2. The van der Waals surface area contributed by atoms with Crippen molar-refractivity contribution in [2.45, 2.75) is 45.2 Å². The molecule has 7 nitrogen and oxygen atoms in total. The largest absolute Gasteiger partial charge is 0.494 e. The minimum atomic E-state index is -0.339. The van der Waals surface area contributed by atoms with E-state index in [1.807, 2.05) is 24.3 Å². The third-order valence-corrected chi connectivity index (χ3v) is 6.82. The van der Waals surface area contributed by atoms with E-state index in [1.54, 1.807) is 42.4 Å². The van der Waals surface area contributed by atoms with E-state index in [0.717, 1.165) is 19.3 Å². The number of carbonyl (C=O) groups excluding carboxylic acids is 2. The van der Waals surface area contributed by atoms with Crippen molar-refractivity contribution in [3.8, 4) is 11.5 Å². The minimum absolute atomic E-state index is 0.132. The Morgan fingerprint density at radius 2 is 1.74 bits per heavy atom. The van der Waals surface area contributed by atoms with Crippen LogP contribution in [0.1, 0.15) is 44.6 Å². The second-order valence-corrected chi connectivity index (χ2v) is 9.55. The predicted molar refractivity (Wildman–Crippen MR) is 136 cm³/mol. The maximum absolute atomic E-state index is 13.9. The molecule has 2 heterocycles. The van der Waals surface area contributed by atoms with Crippen LogP contribution >= 0.6 is 0 Å². The van der Waals surface area contributed by atoms with Gasteiger partial charge >= 0.3 is 0 Å². The molecule has 186 valence electrons. The van der Waals surface area contributed by atoms with E-state index in [9.17, 15) is 9.59 Å². The van der Waals surface area contributed by atoms with Crippen molar-refractivity contribution in [1.82, 2.24) is 10.2 Å². The van der Waals surface area contributed by atoms with Gasteiger partial charge in [0.2, 0.25) is 0 Å². The van der Waals surface area contributed by atoms with Crippen molar-refractivity contribution in [1.29, 1.82) is 0 Å². The first-order chi connectivity index (χ1) is 16.9. The summed E-state index contributed by atoms with van der Waals surface area (Å²) in [5, 5.41) is 3.34. The molecule has 2 aromatic carbocycles. The van der Waals surface area contributed by atoms with Crippen LogP contribution in [0.2, 0.25) is 0 Å². The summed E-state index contributed by atoms with van der Waals surface area (Å²) in [6.45, 7) is 5.53. The normalized spacial score (nSPS) is 20.0. The van der Waals surface area contributed by atoms with Crippen LogP contribution in [0.4, 0.5) is 5.69 Å². The number of nitrogens with zero attached hydrogens (tertiary/aromatic N) is 2. The highest BCUT2D eigenvalue weighted by Crippen LogP contribution is 2.41. The number of nitrogens with one attached hydrogen (secondary N) is 1. The minimum Gasteiger partial charge on any atom is -0.494 e. The molecule has 0 aliphatic carbocycles. The second kappa shape index (κ2) is 10.8. The highest BCUT2D eigenvalue weighted by Gasteiger charge is 2.40. The summed E-state index contributed by atoms with van der Waals surface area (Å²) in [4.78, 5) is 30.9. The first kappa shape index (κ1) is 24.6. The quantitative estimate of drug-likeness (QED) is 0.574. The van der Waals surface area contributed by atoms with Crippen LogP contribution in [0.3, 0.4) is 0 Å². The Hall–Kier alpha value is -3.48. The Bertz CT molecular complexity index is 1060. The average molecular weight is 478 g/mol. The highest BCUT2D eigenvalue weighted by atomic mass is 16.5. The van der Waals surface area contributed by atoms with Crippen molar-refractivity contribution in [3.05, 3.63) is 65.9 Å². The van der Waals surface area contributed by atoms with Gasteiger partial charge in [0.05, 0.1) is 14.2 Å². The standard InChI is InChI=1S/C28H35N3O4/c1-19(2)13-14-25-29-17-22(27(32)30-16-15-21(18-30)20-9-6-5-7-10-20)28(33)31(25)26-23(34-3)11-8-12-24(26)35-4/h5-12,17,19,21,25,29H,13-16,18H2,1-4H3/t21?,25-/m1/s1. The zero-order chi connectivity index (χ0) is 24.9. The Kier molecular flexibility index (Phi) is 7.63. The summed E-state index contributed by atoms with van der Waals surface area (Å²) in [6, 6.07) is 15.7. The van der Waals surface area contributed by atoms with E-state index in [1.165, 1.54) is 5.56 Å². The number of para-hydroxylation sites is 1.